The van der Waals surface area contributed by atoms with E-state index in [1.807, 2.05) is 24.3 Å². The molecule has 0 aliphatic rings. The Balaban J connectivity index is 2.73. The normalized spacial score (nSPS) is 9.88. The Morgan fingerprint density at radius 2 is 2.06 bits per heavy atom. The van der Waals surface area contributed by atoms with Crippen LogP contribution < -0.4 is 5.73 Å². The van der Waals surface area contributed by atoms with Crippen LogP contribution in [-0.2, 0) is 6.42 Å². The third-order valence-corrected chi connectivity index (χ3v) is 2.38. The van der Waals surface area contributed by atoms with Crippen molar-refractivity contribution in [3.63, 3.8) is 0 Å². The molecule has 3 heteroatoms. The van der Waals surface area contributed by atoms with Crippen LogP contribution in [0.5, 0.6) is 0 Å². The minimum atomic E-state index is 0.0131. The number of carbonyl (C=O) groups is 1. The fourth-order valence-corrected chi connectivity index (χ4v) is 1.48. The van der Waals surface area contributed by atoms with Crippen molar-refractivity contribution in [3.05, 3.63) is 48.0 Å². The number of amides is 1. The lowest BCUT2D eigenvalue weighted by molar-refractivity contribution is 0.0810. The average molecular weight is 218 g/mol. The zero-order chi connectivity index (χ0) is 12.0. The fraction of sp³-hybridized carbons (Fsp3) is 0.308. The molecule has 0 saturated heterocycles. The van der Waals surface area contributed by atoms with Gasteiger partial charge in [-0.1, -0.05) is 18.2 Å². The molecule has 2 N–H and O–H groups in total. The molecule has 0 radical (unpaired) electrons. The van der Waals surface area contributed by atoms with Gasteiger partial charge in [0.15, 0.2) is 0 Å². The lowest BCUT2D eigenvalue weighted by Crippen LogP contribution is -2.26. The number of carbonyl (C=O) groups excluding carboxylic acids is 1. The van der Waals surface area contributed by atoms with Crippen molar-refractivity contribution >= 4 is 5.91 Å². The molecule has 0 saturated carbocycles. The quantitative estimate of drug-likeness (QED) is 0.760. The van der Waals surface area contributed by atoms with Crippen LogP contribution in [0.1, 0.15) is 15.9 Å². The average Bonchev–Trinajstić information content (AvgIpc) is 2.30. The topological polar surface area (TPSA) is 46.3 Å². The van der Waals surface area contributed by atoms with Gasteiger partial charge in [0.1, 0.15) is 0 Å². The van der Waals surface area contributed by atoms with E-state index in [0.29, 0.717) is 18.7 Å². The summed E-state index contributed by atoms with van der Waals surface area (Å²) in [6.07, 6.45) is 2.55. The maximum Gasteiger partial charge on any atom is 0.253 e. The summed E-state index contributed by atoms with van der Waals surface area (Å²) in [5.41, 5.74) is 7.32. The summed E-state index contributed by atoms with van der Waals surface area (Å²) >= 11 is 0. The van der Waals surface area contributed by atoms with Crippen molar-refractivity contribution < 1.29 is 4.79 Å². The SMILES string of the molecule is C=CCN(C)C(=O)c1ccc(CCN)cc1. The van der Waals surface area contributed by atoms with Gasteiger partial charge in [0, 0.05) is 19.2 Å². The molecule has 0 heterocycles. The van der Waals surface area contributed by atoms with Gasteiger partial charge in [-0.2, -0.15) is 0 Å². The molecule has 0 aliphatic heterocycles. The maximum atomic E-state index is 11.9. The summed E-state index contributed by atoms with van der Waals surface area (Å²) in [5.74, 6) is 0.0131. The number of likely N-dealkylation sites (N-methyl/N-ethyl adjacent to an activating group) is 1. The first-order chi connectivity index (χ1) is 7.69. The van der Waals surface area contributed by atoms with Gasteiger partial charge in [0.25, 0.3) is 5.91 Å². The van der Waals surface area contributed by atoms with Gasteiger partial charge in [-0.25, -0.2) is 0 Å². The van der Waals surface area contributed by atoms with E-state index >= 15 is 0 Å². The fourth-order valence-electron chi connectivity index (χ4n) is 1.48. The van der Waals surface area contributed by atoms with Gasteiger partial charge in [-0.3, -0.25) is 4.79 Å². The molecule has 0 fully saturated rings. The van der Waals surface area contributed by atoms with Gasteiger partial charge in [-0.05, 0) is 30.7 Å². The first kappa shape index (κ1) is 12.5. The Kier molecular flexibility index (Phi) is 4.73. The van der Waals surface area contributed by atoms with Crippen LogP contribution >= 0.6 is 0 Å². The van der Waals surface area contributed by atoms with E-state index < -0.39 is 0 Å². The van der Waals surface area contributed by atoms with E-state index in [1.54, 1.807) is 18.0 Å². The van der Waals surface area contributed by atoms with Crippen LogP contribution in [0.3, 0.4) is 0 Å². The van der Waals surface area contributed by atoms with Gasteiger partial charge in [-0.15, -0.1) is 6.58 Å². The van der Waals surface area contributed by atoms with Crippen LogP contribution in [0.15, 0.2) is 36.9 Å². The summed E-state index contributed by atoms with van der Waals surface area (Å²) < 4.78 is 0. The number of hydrogen-bond donors (Lipinski definition) is 1. The second-order valence-corrected chi connectivity index (χ2v) is 3.71. The molecule has 1 aromatic carbocycles. The zero-order valence-electron chi connectivity index (χ0n) is 9.65. The van der Waals surface area contributed by atoms with E-state index in [1.165, 1.54) is 0 Å². The molecule has 0 aliphatic carbocycles. The molecule has 0 atom stereocenters. The maximum absolute atomic E-state index is 11.9. The van der Waals surface area contributed by atoms with Crippen molar-refractivity contribution in [1.29, 1.82) is 0 Å². The smallest absolute Gasteiger partial charge is 0.253 e. The van der Waals surface area contributed by atoms with Gasteiger partial charge in [0.05, 0.1) is 0 Å². The highest BCUT2D eigenvalue weighted by Crippen LogP contribution is 2.07. The van der Waals surface area contributed by atoms with Crippen LogP contribution in [-0.4, -0.2) is 30.9 Å². The Hall–Kier alpha value is -1.61. The second-order valence-electron chi connectivity index (χ2n) is 3.71. The highest BCUT2D eigenvalue weighted by Gasteiger charge is 2.09. The Morgan fingerprint density at radius 1 is 1.44 bits per heavy atom. The molecule has 1 amide bonds. The van der Waals surface area contributed by atoms with Crippen LogP contribution in [0.25, 0.3) is 0 Å². The van der Waals surface area contributed by atoms with Crippen molar-refractivity contribution in [2.75, 3.05) is 20.1 Å². The van der Waals surface area contributed by atoms with Crippen molar-refractivity contribution in [2.24, 2.45) is 5.73 Å². The molecule has 1 rings (SSSR count). The minimum absolute atomic E-state index is 0.0131. The highest BCUT2D eigenvalue weighted by molar-refractivity contribution is 5.94. The number of benzene rings is 1. The van der Waals surface area contributed by atoms with E-state index in [4.69, 9.17) is 5.73 Å². The minimum Gasteiger partial charge on any atom is -0.338 e. The number of hydrogen-bond acceptors (Lipinski definition) is 2. The zero-order valence-corrected chi connectivity index (χ0v) is 9.65. The third kappa shape index (κ3) is 3.21. The summed E-state index contributed by atoms with van der Waals surface area (Å²) in [5, 5.41) is 0. The Labute approximate surface area is 96.6 Å². The lowest BCUT2D eigenvalue weighted by atomic mass is 10.1. The molecule has 0 unspecified atom stereocenters. The predicted molar refractivity (Wildman–Crippen MR) is 66.4 cm³/mol. The summed E-state index contributed by atoms with van der Waals surface area (Å²) in [6, 6.07) is 7.57. The predicted octanol–water partition coefficient (Wildman–Crippen LogP) is 1.45. The third-order valence-electron chi connectivity index (χ3n) is 2.38. The molecule has 86 valence electrons. The largest absolute Gasteiger partial charge is 0.338 e. The monoisotopic (exact) mass is 218 g/mol. The number of nitrogens with two attached hydrogens (primary N) is 1. The highest BCUT2D eigenvalue weighted by atomic mass is 16.2. The first-order valence-electron chi connectivity index (χ1n) is 5.34. The van der Waals surface area contributed by atoms with Gasteiger partial charge in [0.2, 0.25) is 0 Å². The Bertz CT molecular complexity index is 357. The van der Waals surface area contributed by atoms with Crippen LogP contribution in [0, 0.1) is 0 Å². The summed E-state index contributed by atoms with van der Waals surface area (Å²) in [6.45, 7) is 4.79. The second kappa shape index (κ2) is 6.08. The van der Waals surface area contributed by atoms with Crippen molar-refractivity contribution in [3.8, 4) is 0 Å². The molecule has 3 nitrogen and oxygen atoms in total. The molecule has 0 aromatic heterocycles. The molecule has 0 bridgehead atoms. The van der Waals surface area contributed by atoms with Gasteiger partial charge < -0.3 is 10.6 Å². The van der Waals surface area contributed by atoms with E-state index in [9.17, 15) is 4.79 Å². The van der Waals surface area contributed by atoms with E-state index in [0.717, 1.165) is 12.0 Å². The molecule has 16 heavy (non-hydrogen) atoms. The molecule has 1 aromatic rings. The number of nitrogens with zero attached hydrogens (tertiary/aromatic N) is 1. The van der Waals surface area contributed by atoms with Crippen molar-refractivity contribution in [2.45, 2.75) is 6.42 Å². The standard InChI is InChI=1S/C13H18N2O/c1-3-10-15(2)13(16)12-6-4-11(5-7-12)8-9-14/h3-7H,1,8-10,14H2,2H3. The molecular formula is C13H18N2O. The first-order valence-corrected chi connectivity index (χ1v) is 5.34. The summed E-state index contributed by atoms with van der Waals surface area (Å²) in [7, 11) is 1.76. The van der Waals surface area contributed by atoms with Crippen molar-refractivity contribution in [1.82, 2.24) is 4.90 Å². The van der Waals surface area contributed by atoms with E-state index in [-0.39, 0.29) is 5.91 Å². The summed E-state index contributed by atoms with van der Waals surface area (Å²) in [4.78, 5) is 13.5. The van der Waals surface area contributed by atoms with Crippen LogP contribution in [0.4, 0.5) is 0 Å². The van der Waals surface area contributed by atoms with Gasteiger partial charge >= 0.3 is 0 Å². The van der Waals surface area contributed by atoms with Crippen LogP contribution in [0.2, 0.25) is 0 Å². The molecule has 0 spiro atoms. The van der Waals surface area contributed by atoms with E-state index in [2.05, 4.69) is 6.58 Å². The molecular weight excluding hydrogens is 200 g/mol. The lowest BCUT2D eigenvalue weighted by Gasteiger charge is -2.14. The Morgan fingerprint density at radius 3 is 2.56 bits per heavy atom. The number of rotatable bonds is 5.